The Morgan fingerprint density at radius 1 is 1.15 bits per heavy atom. The standard InChI is InChI=1S/C23H27F6N7O4/c24-22(25,26)15-9-30-21(31-10-15)36-5-3-35(4-6-36)18(37)2-8-40-13-17(14-1-7-39-12-14)33-16-11-32-34-20(38)19(16)23(27,28)29/h9-11,14,17,19H,1-8,12-13H2,(H,34,38)/t14-,17+,19?/m0/s1. The number of carbonyl (C=O) groups is 2. The number of aliphatic imine (C=N–C) groups is 1. The van der Waals surface area contributed by atoms with Gasteiger partial charge in [-0.15, -0.1) is 0 Å². The minimum Gasteiger partial charge on any atom is -0.381 e. The lowest BCUT2D eigenvalue weighted by Crippen LogP contribution is -2.49. The Kier molecular flexibility index (Phi) is 9.22. The number of rotatable bonds is 8. The van der Waals surface area contributed by atoms with Crippen molar-refractivity contribution in [1.29, 1.82) is 0 Å². The second-order valence-corrected chi connectivity index (χ2v) is 9.42. The molecule has 1 N–H and O–H groups in total. The summed E-state index contributed by atoms with van der Waals surface area (Å²) in [6.07, 6.45) is -6.51. The van der Waals surface area contributed by atoms with Gasteiger partial charge in [0.15, 0.2) is 5.92 Å². The van der Waals surface area contributed by atoms with Crippen LogP contribution in [0.5, 0.6) is 0 Å². The third-order valence-electron chi connectivity index (χ3n) is 6.71. The lowest BCUT2D eigenvalue weighted by atomic mass is 9.97. The number of carbonyl (C=O) groups excluding carboxylic acids is 2. The maximum atomic E-state index is 13.5. The van der Waals surface area contributed by atoms with Crippen molar-refractivity contribution in [3.05, 3.63) is 18.0 Å². The van der Waals surface area contributed by atoms with E-state index in [1.165, 1.54) is 0 Å². The molecule has 2 amide bonds. The van der Waals surface area contributed by atoms with Crippen LogP contribution in [0.1, 0.15) is 18.4 Å². The molecule has 3 aliphatic rings. The van der Waals surface area contributed by atoms with Crippen molar-refractivity contribution in [2.45, 2.75) is 31.2 Å². The van der Waals surface area contributed by atoms with E-state index in [4.69, 9.17) is 9.47 Å². The van der Waals surface area contributed by atoms with Gasteiger partial charge in [-0.3, -0.25) is 14.6 Å². The van der Waals surface area contributed by atoms with Gasteiger partial charge in [0.2, 0.25) is 11.9 Å². The van der Waals surface area contributed by atoms with Gasteiger partial charge in [0, 0.05) is 51.1 Å². The van der Waals surface area contributed by atoms with Gasteiger partial charge in [-0.05, 0) is 6.42 Å². The van der Waals surface area contributed by atoms with Gasteiger partial charge in [-0.25, -0.2) is 15.4 Å². The van der Waals surface area contributed by atoms with Crippen LogP contribution in [0.4, 0.5) is 32.3 Å². The molecule has 1 aromatic rings. The van der Waals surface area contributed by atoms with E-state index in [1.807, 2.05) is 5.43 Å². The molecule has 0 bridgehead atoms. The minimum atomic E-state index is -4.85. The van der Waals surface area contributed by atoms with Crippen LogP contribution in [-0.2, 0) is 25.2 Å². The molecule has 1 unspecified atom stereocenters. The zero-order valence-electron chi connectivity index (χ0n) is 21.1. The number of amides is 2. The van der Waals surface area contributed by atoms with Gasteiger partial charge in [-0.2, -0.15) is 31.4 Å². The summed E-state index contributed by atoms with van der Waals surface area (Å²) < 4.78 is 89.5. The molecule has 2 fully saturated rings. The highest BCUT2D eigenvalue weighted by Crippen LogP contribution is 2.30. The lowest BCUT2D eigenvalue weighted by Gasteiger charge is -2.34. The SMILES string of the molecule is O=C1NN=CC(=N[C@H](COCCC(=O)N2CCN(c3ncc(C(F)(F)F)cn3)CC2)[C@H]2CCOC2)C1C(F)(F)F. The second-order valence-electron chi connectivity index (χ2n) is 9.42. The van der Waals surface area contributed by atoms with Crippen LogP contribution < -0.4 is 10.3 Å². The first kappa shape index (κ1) is 29.6. The van der Waals surface area contributed by atoms with Crippen molar-refractivity contribution in [3.8, 4) is 0 Å². The van der Waals surface area contributed by atoms with Crippen molar-refractivity contribution >= 4 is 29.7 Å². The van der Waals surface area contributed by atoms with Crippen LogP contribution in [0.25, 0.3) is 0 Å². The van der Waals surface area contributed by atoms with Crippen molar-refractivity contribution < 1.29 is 45.4 Å². The molecule has 40 heavy (non-hydrogen) atoms. The molecule has 4 heterocycles. The lowest BCUT2D eigenvalue weighted by molar-refractivity contribution is -0.168. The first-order valence-corrected chi connectivity index (χ1v) is 12.5. The molecule has 17 heteroatoms. The topological polar surface area (TPSA) is 122 Å². The van der Waals surface area contributed by atoms with E-state index < -0.39 is 41.5 Å². The number of nitrogens with zero attached hydrogens (tertiary/aromatic N) is 6. The number of alkyl halides is 6. The molecule has 220 valence electrons. The molecular weight excluding hydrogens is 552 g/mol. The Balaban J connectivity index is 1.27. The number of ether oxygens (including phenoxy) is 2. The molecule has 0 aromatic carbocycles. The molecule has 0 saturated carbocycles. The van der Waals surface area contributed by atoms with Crippen LogP contribution in [0.3, 0.4) is 0 Å². The zero-order chi connectivity index (χ0) is 28.9. The summed E-state index contributed by atoms with van der Waals surface area (Å²) in [6, 6.07) is -0.734. The Hall–Kier alpha value is -3.34. The maximum Gasteiger partial charge on any atom is 0.419 e. The monoisotopic (exact) mass is 579 g/mol. The number of piperazine rings is 1. The van der Waals surface area contributed by atoms with Crippen LogP contribution in [-0.4, -0.2) is 103 Å². The highest BCUT2D eigenvalue weighted by atomic mass is 19.4. The van der Waals surface area contributed by atoms with E-state index in [1.54, 1.807) is 9.80 Å². The Bertz CT molecular complexity index is 1100. The van der Waals surface area contributed by atoms with Crippen molar-refractivity contribution in [1.82, 2.24) is 20.3 Å². The summed E-state index contributed by atoms with van der Waals surface area (Å²) in [5.74, 6) is -4.06. The molecule has 0 aliphatic carbocycles. The van der Waals surface area contributed by atoms with E-state index in [9.17, 15) is 35.9 Å². The highest BCUT2D eigenvalue weighted by Gasteiger charge is 2.49. The Morgan fingerprint density at radius 3 is 2.45 bits per heavy atom. The van der Waals surface area contributed by atoms with E-state index in [0.717, 1.165) is 6.21 Å². The molecule has 3 aliphatic heterocycles. The fraction of sp³-hybridized carbons (Fsp3) is 0.652. The van der Waals surface area contributed by atoms with Gasteiger partial charge in [0.25, 0.3) is 5.91 Å². The first-order valence-electron chi connectivity index (χ1n) is 12.5. The summed E-state index contributed by atoms with van der Waals surface area (Å²) in [4.78, 5) is 39.4. The quantitative estimate of drug-likeness (QED) is 0.368. The van der Waals surface area contributed by atoms with Crippen molar-refractivity contribution in [3.63, 3.8) is 0 Å². The van der Waals surface area contributed by atoms with E-state index in [-0.39, 0.29) is 44.0 Å². The van der Waals surface area contributed by atoms with Crippen molar-refractivity contribution in [2.75, 3.05) is 57.5 Å². The molecule has 2 saturated heterocycles. The summed E-state index contributed by atoms with van der Waals surface area (Å²) in [5, 5.41) is 3.46. The molecule has 11 nitrogen and oxygen atoms in total. The van der Waals surface area contributed by atoms with E-state index in [2.05, 4.69) is 20.1 Å². The molecule has 4 rings (SSSR count). The third kappa shape index (κ3) is 7.44. The van der Waals surface area contributed by atoms with Crippen LogP contribution in [0, 0.1) is 11.8 Å². The number of hydrazone groups is 1. The number of nitrogens with one attached hydrogen (secondary N) is 1. The van der Waals surface area contributed by atoms with E-state index >= 15 is 0 Å². The van der Waals surface area contributed by atoms with Crippen molar-refractivity contribution in [2.24, 2.45) is 21.9 Å². The highest BCUT2D eigenvalue weighted by molar-refractivity contribution is 6.37. The fourth-order valence-electron chi connectivity index (χ4n) is 4.49. The molecule has 3 atom stereocenters. The Morgan fingerprint density at radius 2 is 1.85 bits per heavy atom. The molecule has 1 aromatic heterocycles. The summed E-state index contributed by atoms with van der Waals surface area (Å²) >= 11 is 0. The summed E-state index contributed by atoms with van der Waals surface area (Å²) in [7, 11) is 0. The van der Waals surface area contributed by atoms with E-state index in [0.29, 0.717) is 51.6 Å². The predicted octanol–water partition coefficient (Wildman–Crippen LogP) is 1.69. The number of aromatic nitrogens is 2. The first-order chi connectivity index (χ1) is 18.9. The van der Waals surface area contributed by atoms with Gasteiger partial charge in [0.1, 0.15) is 0 Å². The second kappa shape index (κ2) is 12.4. The van der Waals surface area contributed by atoms with Gasteiger partial charge >= 0.3 is 12.4 Å². The van der Waals surface area contributed by atoms with Gasteiger partial charge < -0.3 is 19.3 Å². The maximum absolute atomic E-state index is 13.5. The summed E-state index contributed by atoms with van der Waals surface area (Å²) in [5.41, 5.74) is 0.349. The minimum absolute atomic E-state index is 0.00668. The number of halogens is 6. The van der Waals surface area contributed by atoms with Gasteiger partial charge in [-0.1, -0.05) is 0 Å². The van der Waals surface area contributed by atoms with Crippen LogP contribution in [0.2, 0.25) is 0 Å². The fourth-order valence-corrected chi connectivity index (χ4v) is 4.49. The smallest absolute Gasteiger partial charge is 0.381 e. The predicted molar refractivity (Wildman–Crippen MR) is 128 cm³/mol. The largest absolute Gasteiger partial charge is 0.419 e. The average molecular weight is 580 g/mol. The number of hydrogen-bond donors (Lipinski definition) is 1. The average Bonchev–Trinajstić information content (AvgIpc) is 3.44. The Labute approximate surface area is 224 Å². The zero-order valence-corrected chi connectivity index (χ0v) is 21.1. The van der Waals surface area contributed by atoms with Gasteiger partial charge in [0.05, 0.1) is 49.8 Å². The number of hydrogen-bond acceptors (Lipinski definition) is 9. The third-order valence-corrected chi connectivity index (χ3v) is 6.71. The normalized spacial score (nSPS) is 23.9. The molecular formula is C23H27F6N7O4. The molecule has 0 spiro atoms. The number of anilines is 1. The summed E-state index contributed by atoms with van der Waals surface area (Å²) in [6.45, 7) is 1.88. The van der Waals surface area contributed by atoms with Crippen LogP contribution in [0.15, 0.2) is 22.5 Å². The van der Waals surface area contributed by atoms with Crippen LogP contribution >= 0.6 is 0 Å². The molecule has 0 radical (unpaired) electrons.